The molecule has 1 N–H and O–H groups in total. The molecule has 1 aliphatic heterocycles. The second kappa shape index (κ2) is 4.83. The first kappa shape index (κ1) is 10.0. The number of hydrogen-bond donors (Lipinski definition) is 1. The molecule has 2 atom stereocenters. The van der Waals surface area contributed by atoms with Crippen LogP contribution in [0.15, 0.2) is 0 Å². The zero-order valence-corrected chi connectivity index (χ0v) is 8.12. The fraction of sp³-hybridized carbons (Fsp3) is 1.00. The summed E-state index contributed by atoms with van der Waals surface area (Å²) < 4.78 is 5.63. The minimum atomic E-state index is 0.333. The molecule has 1 rings (SSSR count). The lowest BCUT2D eigenvalue weighted by molar-refractivity contribution is -0.0541. The minimum Gasteiger partial charge on any atom is -0.396 e. The van der Waals surface area contributed by atoms with Gasteiger partial charge in [-0.2, -0.15) is 0 Å². The molecule has 0 spiro atoms. The maximum Gasteiger partial charge on any atom is 0.0553 e. The largest absolute Gasteiger partial charge is 0.396 e. The van der Waals surface area contributed by atoms with E-state index in [2.05, 4.69) is 13.8 Å². The van der Waals surface area contributed by atoms with Crippen LogP contribution in [0, 0.1) is 5.92 Å². The molecule has 0 aromatic rings. The van der Waals surface area contributed by atoms with Gasteiger partial charge in [-0.15, -0.1) is 0 Å². The van der Waals surface area contributed by atoms with Crippen molar-refractivity contribution < 1.29 is 9.84 Å². The van der Waals surface area contributed by atoms with Gasteiger partial charge >= 0.3 is 0 Å². The van der Waals surface area contributed by atoms with Crippen LogP contribution >= 0.6 is 0 Å². The Morgan fingerprint density at radius 1 is 1.25 bits per heavy atom. The Bertz CT molecular complexity index is 115. The average molecular weight is 172 g/mol. The van der Waals surface area contributed by atoms with E-state index >= 15 is 0 Å². The highest BCUT2D eigenvalue weighted by atomic mass is 16.5. The van der Waals surface area contributed by atoms with Crippen LogP contribution in [0.2, 0.25) is 0 Å². The fourth-order valence-corrected chi connectivity index (χ4v) is 2.16. The first-order valence-electron chi connectivity index (χ1n) is 4.98. The lowest BCUT2D eigenvalue weighted by atomic mass is 9.89. The molecular formula is C10H20O2. The Kier molecular flexibility index (Phi) is 4.02. The zero-order chi connectivity index (χ0) is 8.97. The van der Waals surface area contributed by atoms with Gasteiger partial charge in [0.15, 0.2) is 0 Å². The van der Waals surface area contributed by atoms with E-state index in [9.17, 15) is 0 Å². The number of aliphatic hydroxyl groups excluding tert-OH is 1. The Balaban J connectivity index is 2.24. The van der Waals surface area contributed by atoms with Crippen molar-refractivity contribution in [3.05, 3.63) is 0 Å². The predicted molar refractivity (Wildman–Crippen MR) is 49.1 cm³/mol. The van der Waals surface area contributed by atoms with Crippen molar-refractivity contribution in [2.45, 2.75) is 51.7 Å². The summed E-state index contributed by atoms with van der Waals surface area (Å²) >= 11 is 0. The van der Waals surface area contributed by atoms with Crippen LogP contribution in [0.5, 0.6) is 0 Å². The molecule has 0 bridgehead atoms. The highest BCUT2D eigenvalue weighted by Crippen LogP contribution is 2.27. The Morgan fingerprint density at radius 3 is 2.33 bits per heavy atom. The van der Waals surface area contributed by atoms with Crippen molar-refractivity contribution in [3.8, 4) is 0 Å². The van der Waals surface area contributed by atoms with Gasteiger partial charge in [0.25, 0.3) is 0 Å². The number of aliphatic hydroxyl groups is 1. The van der Waals surface area contributed by atoms with E-state index in [-0.39, 0.29) is 0 Å². The second-order valence-corrected chi connectivity index (χ2v) is 3.96. The molecule has 1 aliphatic rings. The third-order valence-electron chi connectivity index (χ3n) is 2.57. The van der Waals surface area contributed by atoms with Crippen LogP contribution in [0.3, 0.4) is 0 Å². The molecule has 0 amide bonds. The highest BCUT2D eigenvalue weighted by Gasteiger charge is 2.23. The van der Waals surface area contributed by atoms with Crippen LogP contribution in [-0.2, 0) is 4.74 Å². The van der Waals surface area contributed by atoms with Crippen LogP contribution in [-0.4, -0.2) is 23.9 Å². The molecule has 0 aliphatic carbocycles. The molecule has 0 aromatic carbocycles. The molecule has 2 nitrogen and oxygen atoms in total. The van der Waals surface area contributed by atoms with E-state index in [1.165, 1.54) is 12.8 Å². The molecule has 0 aromatic heterocycles. The van der Waals surface area contributed by atoms with E-state index in [0.717, 1.165) is 18.8 Å². The third-order valence-corrected chi connectivity index (χ3v) is 2.57. The van der Waals surface area contributed by atoms with Crippen molar-refractivity contribution in [2.75, 3.05) is 6.61 Å². The van der Waals surface area contributed by atoms with E-state index in [1.807, 2.05) is 0 Å². The topological polar surface area (TPSA) is 29.5 Å². The summed E-state index contributed by atoms with van der Waals surface area (Å²) in [5.41, 5.74) is 0. The van der Waals surface area contributed by atoms with E-state index in [0.29, 0.717) is 18.8 Å². The van der Waals surface area contributed by atoms with Crippen molar-refractivity contribution in [1.82, 2.24) is 0 Å². The van der Waals surface area contributed by atoms with Gasteiger partial charge < -0.3 is 9.84 Å². The van der Waals surface area contributed by atoms with Gasteiger partial charge in [0, 0.05) is 6.61 Å². The van der Waals surface area contributed by atoms with Crippen LogP contribution in [0.25, 0.3) is 0 Å². The molecule has 1 fully saturated rings. The van der Waals surface area contributed by atoms with Gasteiger partial charge in [0.1, 0.15) is 0 Å². The summed E-state index contributed by atoms with van der Waals surface area (Å²) in [6, 6.07) is 0. The SMILES string of the molecule is CC1CC(CCCO)CC(C)O1. The van der Waals surface area contributed by atoms with Crippen LogP contribution in [0.4, 0.5) is 0 Å². The lowest BCUT2D eigenvalue weighted by Crippen LogP contribution is -2.29. The molecular weight excluding hydrogens is 152 g/mol. The molecule has 2 heteroatoms. The van der Waals surface area contributed by atoms with Crippen molar-refractivity contribution in [3.63, 3.8) is 0 Å². The standard InChI is InChI=1S/C10H20O2/c1-8-6-10(4-3-5-11)7-9(2)12-8/h8-11H,3-7H2,1-2H3. The zero-order valence-electron chi connectivity index (χ0n) is 8.12. The maximum atomic E-state index is 8.70. The highest BCUT2D eigenvalue weighted by molar-refractivity contribution is 4.73. The number of hydrogen-bond acceptors (Lipinski definition) is 2. The number of rotatable bonds is 3. The quantitative estimate of drug-likeness (QED) is 0.705. The van der Waals surface area contributed by atoms with Gasteiger partial charge in [-0.3, -0.25) is 0 Å². The molecule has 72 valence electrons. The molecule has 1 heterocycles. The monoisotopic (exact) mass is 172 g/mol. The molecule has 12 heavy (non-hydrogen) atoms. The molecule has 2 unspecified atom stereocenters. The smallest absolute Gasteiger partial charge is 0.0553 e. The number of ether oxygens (including phenoxy) is 1. The second-order valence-electron chi connectivity index (χ2n) is 3.96. The van der Waals surface area contributed by atoms with Crippen molar-refractivity contribution >= 4 is 0 Å². The maximum absolute atomic E-state index is 8.70. The van der Waals surface area contributed by atoms with Crippen LogP contribution < -0.4 is 0 Å². The van der Waals surface area contributed by atoms with Crippen molar-refractivity contribution in [1.29, 1.82) is 0 Å². The van der Waals surface area contributed by atoms with Gasteiger partial charge in [-0.05, 0) is 45.4 Å². The van der Waals surface area contributed by atoms with E-state index < -0.39 is 0 Å². The van der Waals surface area contributed by atoms with E-state index in [4.69, 9.17) is 9.84 Å². The van der Waals surface area contributed by atoms with Gasteiger partial charge in [-0.1, -0.05) is 0 Å². The Labute approximate surface area is 74.9 Å². The third kappa shape index (κ3) is 3.11. The predicted octanol–water partition coefficient (Wildman–Crippen LogP) is 1.96. The molecule has 1 saturated heterocycles. The lowest BCUT2D eigenvalue weighted by Gasteiger charge is -2.31. The Morgan fingerprint density at radius 2 is 1.83 bits per heavy atom. The average Bonchev–Trinajstić information content (AvgIpc) is 1.99. The fourth-order valence-electron chi connectivity index (χ4n) is 2.16. The van der Waals surface area contributed by atoms with Gasteiger partial charge in [0.2, 0.25) is 0 Å². The minimum absolute atomic E-state index is 0.333. The summed E-state index contributed by atoms with van der Waals surface area (Å²) in [7, 11) is 0. The summed E-state index contributed by atoms with van der Waals surface area (Å²) in [6.45, 7) is 4.61. The van der Waals surface area contributed by atoms with Gasteiger partial charge in [0.05, 0.1) is 12.2 Å². The van der Waals surface area contributed by atoms with Crippen molar-refractivity contribution in [2.24, 2.45) is 5.92 Å². The molecule has 0 radical (unpaired) electrons. The van der Waals surface area contributed by atoms with Crippen LogP contribution in [0.1, 0.15) is 39.5 Å². The van der Waals surface area contributed by atoms with Gasteiger partial charge in [-0.25, -0.2) is 0 Å². The van der Waals surface area contributed by atoms with E-state index in [1.54, 1.807) is 0 Å². The summed E-state index contributed by atoms with van der Waals surface area (Å²) in [5, 5.41) is 8.70. The summed E-state index contributed by atoms with van der Waals surface area (Å²) in [4.78, 5) is 0. The molecule has 0 saturated carbocycles. The first-order valence-corrected chi connectivity index (χ1v) is 4.98. The summed E-state index contributed by atoms with van der Waals surface area (Å²) in [6.07, 6.45) is 5.28. The summed E-state index contributed by atoms with van der Waals surface area (Å²) in [5.74, 6) is 0.774. The Hall–Kier alpha value is -0.0800. The normalized spacial score (nSPS) is 36.8. The first-order chi connectivity index (χ1) is 5.72.